The third-order valence-electron chi connectivity index (χ3n) is 9.74. The molecule has 2 aromatic carbocycles. The second-order valence-corrected chi connectivity index (χ2v) is 13.6. The Hall–Kier alpha value is -3.75. The van der Waals surface area contributed by atoms with Crippen molar-refractivity contribution in [3.63, 3.8) is 0 Å². The van der Waals surface area contributed by atoms with Crippen molar-refractivity contribution in [3.05, 3.63) is 53.6 Å². The van der Waals surface area contributed by atoms with E-state index in [9.17, 15) is 66.1 Å². The van der Waals surface area contributed by atoms with E-state index in [-0.39, 0.29) is 12.2 Å². The minimum atomic E-state index is -1.96. The van der Waals surface area contributed by atoms with Gasteiger partial charge in [-0.1, -0.05) is 12.1 Å². The molecule has 0 bridgehead atoms. The van der Waals surface area contributed by atoms with Crippen LogP contribution in [0.2, 0.25) is 0 Å². The fourth-order valence-electron chi connectivity index (χ4n) is 6.43. The lowest BCUT2D eigenvalue weighted by Gasteiger charge is -2.48. The summed E-state index contributed by atoms with van der Waals surface area (Å²) < 4.78 is 45.9. The molecule has 2 aromatic rings. The molecule has 0 spiro atoms. The van der Waals surface area contributed by atoms with Crippen LogP contribution in [-0.4, -0.2) is 186 Å². The van der Waals surface area contributed by atoms with Crippen molar-refractivity contribution >= 4 is 12.0 Å². The third-order valence-corrected chi connectivity index (χ3v) is 9.74. The number of phenolic OH excluding ortho intramolecular Hbond substituents is 4. The Labute approximate surface area is 324 Å². The van der Waals surface area contributed by atoms with E-state index in [0.717, 1.165) is 12.1 Å². The maximum atomic E-state index is 13.2. The molecule has 318 valence electrons. The molecule has 12 N–H and O–H groups in total. The number of aromatic hydroxyl groups is 4. The minimum Gasteiger partial charge on any atom is -0.504 e. The van der Waals surface area contributed by atoms with Crippen molar-refractivity contribution in [2.75, 3.05) is 26.9 Å². The number of esters is 1. The molecule has 16 atom stereocenters. The molecule has 0 aliphatic carbocycles. The summed E-state index contributed by atoms with van der Waals surface area (Å²) in [5.41, 5.74) is 0.609. The van der Waals surface area contributed by atoms with Crippen molar-refractivity contribution in [2.24, 2.45) is 0 Å². The molecule has 3 aliphatic rings. The van der Waals surface area contributed by atoms with Gasteiger partial charge in [-0.2, -0.15) is 0 Å². The molecule has 0 aromatic heterocycles. The van der Waals surface area contributed by atoms with Gasteiger partial charge in [-0.3, -0.25) is 0 Å². The van der Waals surface area contributed by atoms with Gasteiger partial charge in [-0.05, 0) is 48.4 Å². The lowest BCUT2D eigenvalue weighted by molar-refractivity contribution is -0.387. The molecular formula is C36H48O21. The van der Waals surface area contributed by atoms with E-state index in [0.29, 0.717) is 5.56 Å². The van der Waals surface area contributed by atoms with Crippen molar-refractivity contribution in [1.29, 1.82) is 0 Å². The fraction of sp³-hybridized carbons (Fsp3) is 0.583. The number of aliphatic hydroxyl groups excluding tert-OH is 8. The first kappa shape index (κ1) is 44.4. The number of benzene rings is 2. The van der Waals surface area contributed by atoms with Crippen LogP contribution in [0.3, 0.4) is 0 Å². The normalized spacial score (nSPS) is 36.6. The van der Waals surface area contributed by atoms with Crippen LogP contribution in [-0.2, 0) is 42.7 Å². The summed E-state index contributed by atoms with van der Waals surface area (Å²) in [7, 11) is 1.32. The van der Waals surface area contributed by atoms with E-state index in [2.05, 4.69) is 0 Å². The highest BCUT2D eigenvalue weighted by Gasteiger charge is 2.54. The van der Waals surface area contributed by atoms with E-state index in [1.807, 2.05) is 0 Å². The maximum Gasteiger partial charge on any atom is 0.331 e. The Morgan fingerprint density at radius 2 is 1.32 bits per heavy atom. The Morgan fingerprint density at radius 3 is 1.95 bits per heavy atom. The van der Waals surface area contributed by atoms with Crippen molar-refractivity contribution in [2.45, 2.75) is 105 Å². The van der Waals surface area contributed by atoms with Gasteiger partial charge < -0.3 is 99.2 Å². The molecule has 21 nitrogen and oxygen atoms in total. The highest BCUT2D eigenvalue weighted by molar-refractivity contribution is 5.87. The summed E-state index contributed by atoms with van der Waals surface area (Å²) in [5, 5.41) is 124. The monoisotopic (exact) mass is 816 g/mol. The van der Waals surface area contributed by atoms with Gasteiger partial charge >= 0.3 is 5.97 Å². The van der Waals surface area contributed by atoms with Crippen molar-refractivity contribution < 1.29 is 104 Å². The second-order valence-electron chi connectivity index (χ2n) is 13.6. The number of carbonyl (C=O) groups is 1. The van der Waals surface area contributed by atoms with Crippen LogP contribution in [0, 0.1) is 0 Å². The molecular weight excluding hydrogens is 768 g/mol. The first-order valence-corrected chi connectivity index (χ1v) is 17.7. The van der Waals surface area contributed by atoms with Crippen LogP contribution >= 0.6 is 0 Å². The number of ether oxygens (including phenoxy) is 8. The zero-order valence-corrected chi connectivity index (χ0v) is 30.5. The van der Waals surface area contributed by atoms with Gasteiger partial charge in [0.25, 0.3) is 0 Å². The Balaban J connectivity index is 1.44. The first-order chi connectivity index (χ1) is 27.1. The van der Waals surface area contributed by atoms with Crippen molar-refractivity contribution in [3.8, 4) is 23.0 Å². The van der Waals surface area contributed by atoms with Gasteiger partial charge in [-0.25, -0.2) is 4.79 Å². The SMILES string of the molecule is COC(COC1OC(CO)C(OC(=O)C=Cc2ccc(O)c(O)c2)C(OC2OC(C)C(O)C(O)C2OC2OC(CO)C(O)C(O)C2O)C1O)c1ccc(O)c(O)c1. The first-order valence-electron chi connectivity index (χ1n) is 17.7. The number of methoxy groups -OCH3 is 1. The molecule has 0 saturated carbocycles. The molecule has 3 fully saturated rings. The third kappa shape index (κ3) is 10.1. The molecule has 0 radical (unpaired) electrons. The largest absolute Gasteiger partial charge is 0.504 e. The zero-order valence-electron chi connectivity index (χ0n) is 30.5. The molecule has 3 saturated heterocycles. The van der Waals surface area contributed by atoms with Crippen LogP contribution in [0.15, 0.2) is 42.5 Å². The summed E-state index contributed by atoms with van der Waals surface area (Å²) in [4.78, 5) is 13.2. The molecule has 5 rings (SSSR count). The highest BCUT2D eigenvalue weighted by atomic mass is 16.8. The molecule has 0 amide bonds. The van der Waals surface area contributed by atoms with Gasteiger partial charge in [0.05, 0.1) is 25.9 Å². The van der Waals surface area contributed by atoms with Crippen LogP contribution < -0.4 is 0 Å². The summed E-state index contributed by atoms with van der Waals surface area (Å²) in [6.45, 7) is -0.704. The van der Waals surface area contributed by atoms with E-state index >= 15 is 0 Å². The lowest BCUT2D eigenvalue weighted by atomic mass is 9.96. The average molecular weight is 817 g/mol. The highest BCUT2D eigenvalue weighted by Crippen LogP contribution is 2.35. The molecule has 3 heterocycles. The minimum absolute atomic E-state index is 0.266. The van der Waals surface area contributed by atoms with Crippen LogP contribution in [0.5, 0.6) is 23.0 Å². The van der Waals surface area contributed by atoms with Crippen LogP contribution in [0.4, 0.5) is 0 Å². The second kappa shape index (κ2) is 19.3. The van der Waals surface area contributed by atoms with E-state index in [1.165, 1.54) is 50.4 Å². The standard InChI is InChI=1S/C36H48O21/c1-14-25(44)28(47)33(57-35-29(48)27(46)26(45)21(11-37)53-35)36(52-14)56-32-30(49)34(51-13-23(50-2)16-5-7-18(40)20(42)10-16)54-22(12-38)31(32)55-24(43)8-4-15-3-6-17(39)19(41)9-15/h3-10,14,21-23,25-42,44-49H,11-13H2,1-2H3. The van der Waals surface area contributed by atoms with Gasteiger partial charge in [0.15, 0.2) is 48.0 Å². The number of rotatable bonds is 14. The summed E-state index contributed by atoms with van der Waals surface area (Å²) in [5.74, 6) is -2.80. The lowest BCUT2D eigenvalue weighted by Crippen LogP contribution is -2.66. The Kier molecular flexibility index (Phi) is 15.0. The van der Waals surface area contributed by atoms with Crippen LogP contribution in [0.1, 0.15) is 24.2 Å². The summed E-state index contributed by atoms with van der Waals surface area (Å²) >= 11 is 0. The summed E-state index contributed by atoms with van der Waals surface area (Å²) in [6.07, 6.45) is -24.6. The fourth-order valence-corrected chi connectivity index (χ4v) is 6.43. The number of hydrogen-bond donors (Lipinski definition) is 12. The average Bonchev–Trinajstić information content (AvgIpc) is 3.19. The predicted octanol–water partition coefficient (Wildman–Crippen LogP) is -3.05. The van der Waals surface area contributed by atoms with Crippen LogP contribution in [0.25, 0.3) is 6.08 Å². The molecule has 57 heavy (non-hydrogen) atoms. The molecule has 21 heteroatoms. The van der Waals surface area contributed by atoms with Gasteiger partial charge in [0.1, 0.15) is 67.1 Å². The quantitative estimate of drug-likeness (QED) is 0.0512. The van der Waals surface area contributed by atoms with Gasteiger partial charge in [0, 0.05) is 13.2 Å². The maximum absolute atomic E-state index is 13.2. The van der Waals surface area contributed by atoms with E-state index in [1.54, 1.807) is 0 Å². The topological polar surface area (TPSA) is 334 Å². The number of phenols is 4. The van der Waals surface area contributed by atoms with E-state index < -0.39 is 140 Å². The molecule has 3 aliphatic heterocycles. The van der Waals surface area contributed by atoms with Gasteiger partial charge in [0.2, 0.25) is 0 Å². The Morgan fingerprint density at radius 1 is 0.684 bits per heavy atom. The zero-order chi connectivity index (χ0) is 41.7. The van der Waals surface area contributed by atoms with Gasteiger partial charge in [-0.15, -0.1) is 0 Å². The predicted molar refractivity (Wildman–Crippen MR) is 186 cm³/mol. The smallest absolute Gasteiger partial charge is 0.331 e. The number of hydrogen-bond acceptors (Lipinski definition) is 21. The van der Waals surface area contributed by atoms with E-state index in [4.69, 9.17) is 37.9 Å². The van der Waals surface area contributed by atoms with Crippen molar-refractivity contribution in [1.82, 2.24) is 0 Å². The summed E-state index contributed by atoms with van der Waals surface area (Å²) in [6, 6.07) is 7.57. The number of carbonyl (C=O) groups excluding carboxylic acids is 1. The Bertz CT molecular complexity index is 1660. The number of aliphatic hydroxyl groups is 8. The molecule has 16 unspecified atom stereocenters.